The Balaban J connectivity index is 7.80. The molecule has 0 saturated heterocycles. The van der Waals surface area contributed by atoms with Crippen LogP contribution in [0.15, 0.2) is 11.1 Å². The summed E-state index contributed by atoms with van der Waals surface area (Å²) in [6.07, 6.45) is -31.9. The number of hydrogen-bond acceptors (Lipinski definition) is 0. The maximum Gasteiger partial charge on any atom is 0.460 e. The van der Waals surface area contributed by atoms with Crippen LogP contribution in [0.3, 0.4) is 0 Å². The van der Waals surface area contributed by atoms with E-state index in [9.17, 15) is 87.8 Å². The monoisotopic (exact) mass is 500 g/mol. The Labute approximate surface area is 149 Å². The second-order valence-corrected chi connectivity index (χ2v) is 5.04. The minimum absolute atomic E-state index is 6.00. The first-order chi connectivity index (χ1) is 12.5. The molecule has 0 amide bonds. The molecule has 0 aromatic rings. The zero-order valence-corrected chi connectivity index (χ0v) is 12.6. The van der Waals surface area contributed by atoms with Crippen LogP contribution in [-0.2, 0) is 0 Å². The first-order valence-corrected chi connectivity index (χ1v) is 6.03. The third-order valence-corrected chi connectivity index (χ3v) is 2.95. The molecule has 0 aromatic carbocycles. The molecule has 180 valence electrons. The Morgan fingerprint density at radius 2 is 0.467 bits per heavy atom. The lowest BCUT2D eigenvalue weighted by atomic mass is 9.89. The fourth-order valence-electron chi connectivity index (χ4n) is 1.62. The second-order valence-electron chi connectivity index (χ2n) is 5.04. The van der Waals surface area contributed by atoms with Gasteiger partial charge in [-0.1, -0.05) is 0 Å². The van der Waals surface area contributed by atoms with E-state index < -0.39 is 59.5 Å². The van der Waals surface area contributed by atoms with E-state index in [4.69, 9.17) is 0 Å². The van der Waals surface area contributed by atoms with E-state index in [-0.39, 0.29) is 0 Å². The van der Waals surface area contributed by atoms with Crippen molar-refractivity contribution in [2.75, 3.05) is 0 Å². The number of halogens is 20. The van der Waals surface area contributed by atoms with Gasteiger partial charge in [-0.2, -0.15) is 87.8 Å². The highest BCUT2D eigenvalue weighted by Gasteiger charge is 2.83. The molecule has 0 aliphatic rings. The molecule has 20 heteroatoms. The van der Waals surface area contributed by atoms with Crippen LogP contribution in [0.1, 0.15) is 0 Å². The van der Waals surface area contributed by atoms with E-state index in [0.29, 0.717) is 0 Å². The van der Waals surface area contributed by atoms with E-state index in [2.05, 4.69) is 0 Å². The van der Waals surface area contributed by atoms with Crippen LogP contribution < -0.4 is 0 Å². The molecule has 0 unspecified atom stereocenters. The molecule has 0 saturated carbocycles. The summed E-state index contributed by atoms with van der Waals surface area (Å²) in [5, 5.41) is 0. The minimum atomic E-state index is -8.44. The molecule has 30 heavy (non-hydrogen) atoms. The van der Waals surface area contributed by atoms with Crippen LogP contribution >= 0.6 is 0 Å². The van der Waals surface area contributed by atoms with Gasteiger partial charge in [-0.25, -0.2) is 0 Å². The third-order valence-electron chi connectivity index (χ3n) is 2.95. The second kappa shape index (κ2) is 6.92. The standard InChI is InChI=1S/C10F20/c11-3(12,7(21,22)9(25,26)27)1(5(15,16)17)2(6(18,19)20)4(13,14)8(23,24)10(28,29)30. The normalized spacial score (nSPS) is 17.2. The van der Waals surface area contributed by atoms with Gasteiger partial charge in [0.05, 0.1) is 0 Å². The van der Waals surface area contributed by atoms with E-state index in [1.807, 2.05) is 0 Å². The van der Waals surface area contributed by atoms with Gasteiger partial charge in [0.2, 0.25) is 0 Å². The smallest absolute Gasteiger partial charge is 0.194 e. The molecule has 0 aliphatic carbocycles. The van der Waals surface area contributed by atoms with E-state index in [1.54, 1.807) is 0 Å². The Bertz CT molecular complexity index is 602. The molecule has 0 radical (unpaired) electrons. The van der Waals surface area contributed by atoms with Crippen molar-refractivity contribution in [3.63, 3.8) is 0 Å². The summed E-state index contributed by atoms with van der Waals surface area (Å²) in [6, 6.07) is 0. The summed E-state index contributed by atoms with van der Waals surface area (Å²) in [7, 11) is 0. The van der Waals surface area contributed by atoms with Crippen LogP contribution in [0.5, 0.6) is 0 Å². The van der Waals surface area contributed by atoms with Gasteiger partial charge in [0.1, 0.15) is 11.1 Å². The topological polar surface area (TPSA) is 0 Å². The summed E-state index contributed by atoms with van der Waals surface area (Å²) in [5.74, 6) is -33.5. The Morgan fingerprint density at radius 1 is 0.300 bits per heavy atom. The fraction of sp³-hybridized carbons (Fsp3) is 0.800. The van der Waals surface area contributed by atoms with Crippen molar-refractivity contribution in [1.29, 1.82) is 0 Å². The van der Waals surface area contributed by atoms with Crippen LogP contribution in [0.2, 0.25) is 0 Å². The molecule has 0 spiro atoms. The van der Waals surface area contributed by atoms with Crippen LogP contribution in [0.4, 0.5) is 87.8 Å². The third kappa shape index (κ3) is 4.35. The van der Waals surface area contributed by atoms with Crippen molar-refractivity contribution in [2.24, 2.45) is 0 Å². The Hall–Kier alpha value is -1.66. The number of alkyl halides is 20. The van der Waals surface area contributed by atoms with Gasteiger partial charge in [0.25, 0.3) is 0 Å². The van der Waals surface area contributed by atoms with E-state index in [1.165, 1.54) is 0 Å². The summed E-state index contributed by atoms with van der Waals surface area (Å²) in [4.78, 5) is 0. The molecule has 0 aliphatic heterocycles. The SMILES string of the molecule is FC(F)(F)C(=C(C(F)(F)F)C(F)(F)C(F)(F)C(F)(F)F)C(F)(F)C(F)(F)C(F)(F)F. The van der Waals surface area contributed by atoms with Gasteiger partial charge >= 0.3 is 48.4 Å². The van der Waals surface area contributed by atoms with Gasteiger partial charge in [-0.3, -0.25) is 0 Å². The summed E-state index contributed by atoms with van der Waals surface area (Å²) in [5.41, 5.74) is -12.0. The van der Waals surface area contributed by atoms with Crippen LogP contribution in [-0.4, -0.2) is 48.4 Å². The van der Waals surface area contributed by atoms with Gasteiger partial charge in [-0.05, 0) is 0 Å². The number of rotatable bonds is 4. The fourth-order valence-corrected chi connectivity index (χ4v) is 1.62. The lowest BCUT2D eigenvalue weighted by Gasteiger charge is -2.36. The van der Waals surface area contributed by atoms with E-state index in [0.717, 1.165) is 0 Å². The lowest BCUT2D eigenvalue weighted by molar-refractivity contribution is -0.360. The highest BCUT2D eigenvalue weighted by atomic mass is 19.4. The van der Waals surface area contributed by atoms with Crippen LogP contribution in [0.25, 0.3) is 0 Å². The van der Waals surface area contributed by atoms with Crippen molar-refractivity contribution in [3.8, 4) is 0 Å². The quantitative estimate of drug-likeness (QED) is 0.286. The summed E-state index contributed by atoms with van der Waals surface area (Å²) < 4.78 is 251. The molecule has 0 fully saturated rings. The number of hydrogen-bond donors (Lipinski definition) is 0. The zero-order chi connectivity index (χ0) is 25.2. The summed E-state index contributed by atoms with van der Waals surface area (Å²) >= 11 is 0. The Kier molecular flexibility index (Phi) is 6.54. The van der Waals surface area contributed by atoms with Gasteiger partial charge in [-0.15, -0.1) is 0 Å². The minimum Gasteiger partial charge on any atom is -0.194 e. The molecule has 0 aromatic heterocycles. The molecule has 0 rings (SSSR count). The lowest BCUT2D eigenvalue weighted by Crippen LogP contribution is -2.60. The molecular formula is C10F20. The molecular weight excluding hydrogens is 500 g/mol. The first-order valence-electron chi connectivity index (χ1n) is 6.03. The van der Waals surface area contributed by atoms with Crippen molar-refractivity contribution in [1.82, 2.24) is 0 Å². The highest BCUT2D eigenvalue weighted by molar-refractivity contribution is 5.38. The average molecular weight is 500 g/mol. The van der Waals surface area contributed by atoms with Gasteiger partial charge in [0.15, 0.2) is 0 Å². The van der Waals surface area contributed by atoms with Crippen molar-refractivity contribution < 1.29 is 87.8 Å². The summed E-state index contributed by atoms with van der Waals surface area (Å²) in [6.45, 7) is 0. The predicted octanol–water partition coefficient (Wildman–Crippen LogP) is 7.07. The van der Waals surface area contributed by atoms with Gasteiger partial charge < -0.3 is 0 Å². The van der Waals surface area contributed by atoms with Crippen LogP contribution in [0, 0.1) is 0 Å². The van der Waals surface area contributed by atoms with Crippen molar-refractivity contribution in [3.05, 3.63) is 11.1 Å². The molecule has 0 heterocycles. The maximum absolute atomic E-state index is 13.2. The maximum atomic E-state index is 13.2. The largest absolute Gasteiger partial charge is 0.460 e. The van der Waals surface area contributed by atoms with Crippen molar-refractivity contribution >= 4 is 0 Å². The Morgan fingerprint density at radius 3 is 0.567 bits per heavy atom. The molecule has 0 nitrogen and oxygen atoms in total. The van der Waals surface area contributed by atoms with Crippen molar-refractivity contribution in [2.45, 2.75) is 48.4 Å². The molecule has 0 N–H and O–H groups in total. The number of allylic oxidation sites excluding steroid dienone is 2. The molecule has 0 atom stereocenters. The molecule has 0 bridgehead atoms. The predicted molar refractivity (Wildman–Crippen MR) is 51.0 cm³/mol. The van der Waals surface area contributed by atoms with E-state index >= 15 is 0 Å². The highest BCUT2D eigenvalue weighted by Crippen LogP contribution is 2.60. The van der Waals surface area contributed by atoms with Gasteiger partial charge in [0, 0.05) is 0 Å². The first kappa shape index (κ1) is 28.3. The average Bonchev–Trinajstić information content (AvgIpc) is 2.38. The zero-order valence-electron chi connectivity index (χ0n) is 12.6.